The monoisotopic (exact) mass is 206 g/mol. The number of aromatic nitrogens is 1. The molecule has 1 atom stereocenters. The van der Waals surface area contributed by atoms with Crippen molar-refractivity contribution in [1.29, 1.82) is 0 Å². The maximum absolute atomic E-state index is 5.66. The van der Waals surface area contributed by atoms with E-state index in [1.54, 1.807) is 6.20 Å². The van der Waals surface area contributed by atoms with Crippen LogP contribution in [0.1, 0.15) is 18.4 Å². The molecule has 1 aromatic heterocycles. The molecule has 0 aliphatic carbocycles. The summed E-state index contributed by atoms with van der Waals surface area (Å²) < 4.78 is 5.66. The van der Waals surface area contributed by atoms with Gasteiger partial charge in [-0.1, -0.05) is 6.07 Å². The molecule has 1 unspecified atom stereocenters. The summed E-state index contributed by atoms with van der Waals surface area (Å²) in [5.41, 5.74) is 1.11. The molecule has 15 heavy (non-hydrogen) atoms. The van der Waals surface area contributed by atoms with E-state index >= 15 is 0 Å². The molecule has 0 bridgehead atoms. The topological polar surface area (TPSA) is 34.1 Å². The third-order valence-corrected chi connectivity index (χ3v) is 2.89. The predicted octanol–water partition coefficient (Wildman–Crippen LogP) is 1.77. The van der Waals surface area contributed by atoms with E-state index in [-0.39, 0.29) is 0 Å². The van der Waals surface area contributed by atoms with Crippen LogP contribution in [0, 0.1) is 12.8 Å². The number of aryl methyl sites for hydroxylation is 1. The molecule has 2 heterocycles. The summed E-state index contributed by atoms with van der Waals surface area (Å²) in [5, 5.41) is 3.36. The molecule has 1 aromatic rings. The Bertz CT molecular complexity index is 308. The highest BCUT2D eigenvalue weighted by Gasteiger charge is 2.14. The fourth-order valence-corrected chi connectivity index (χ4v) is 1.91. The van der Waals surface area contributed by atoms with Crippen molar-refractivity contribution in [3.8, 4) is 5.88 Å². The summed E-state index contributed by atoms with van der Waals surface area (Å²) in [6, 6.07) is 3.96. The minimum atomic E-state index is 0.781. The molecular formula is C12H18N2O. The lowest BCUT2D eigenvalue weighted by atomic mass is 10.1. The van der Waals surface area contributed by atoms with Gasteiger partial charge >= 0.3 is 0 Å². The molecule has 3 nitrogen and oxygen atoms in total. The molecule has 0 radical (unpaired) electrons. The Morgan fingerprint density at radius 1 is 1.60 bits per heavy atom. The van der Waals surface area contributed by atoms with Gasteiger partial charge in [0.25, 0.3) is 0 Å². The fraction of sp³-hybridized carbons (Fsp3) is 0.583. The van der Waals surface area contributed by atoms with Gasteiger partial charge in [-0.25, -0.2) is 4.98 Å². The molecule has 0 saturated carbocycles. The lowest BCUT2D eigenvalue weighted by Crippen LogP contribution is -2.12. The molecule has 0 aromatic carbocycles. The highest BCUT2D eigenvalue weighted by molar-refractivity contribution is 5.23. The number of nitrogens with one attached hydrogen (secondary N) is 1. The first-order chi connectivity index (χ1) is 7.36. The van der Waals surface area contributed by atoms with E-state index in [1.807, 2.05) is 19.1 Å². The summed E-state index contributed by atoms with van der Waals surface area (Å²) in [4.78, 5) is 4.20. The summed E-state index contributed by atoms with van der Waals surface area (Å²) in [7, 11) is 0. The van der Waals surface area contributed by atoms with Gasteiger partial charge in [0.05, 0.1) is 6.61 Å². The third-order valence-electron chi connectivity index (χ3n) is 2.89. The van der Waals surface area contributed by atoms with Gasteiger partial charge in [-0.3, -0.25) is 0 Å². The van der Waals surface area contributed by atoms with Gasteiger partial charge in [0.2, 0.25) is 5.88 Å². The Morgan fingerprint density at radius 3 is 3.27 bits per heavy atom. The van der Waals surface area contributed by atoms with Gasteiger partial charge in [-0.2, -0.15) is 0 Å². The molecule has 1 fully saturated rings. The van der Waals surface area contributed by atoms with Crippen molar-refractivity contribution in [2.75, 3.05) is 19.7 Å². The van der Waals surface area contributed by atoms with Crippen LogP contribution in [-0.4, -0.2) is 24.7 Å². The second-order valence-electron chi connectivity index (χ2n) is 4.12. The largest absolute Gasteiger partial charge is 0.477 e. The quantitative estimate of drug-likeness (QED) is 0.815. The average Bonchev–Trinajstić information content (AvgIpc) is 2.74. The number of rotatable bonds is 4. The van der Waals surface area contributed by atoms with Crippen LogP contribution in [0.2, 0.25) is 0 Å². The summed E-state index contributed by atoms with van der Waals surface area (Å²) in [6.07, 6.45) is 4.19. The zero-order valence-corrected chi connectivity index (χ0v) is 9.20. The standard InChI is InChI=1S/C12H18N2O/c1-10-3-2-6-14-12(10)15-8-5-11-4-7-13-9-11/h2-3,6,11,13H,4-5,7-9H2,1H3. The maximum Gasteiger partial charge on any atom is 0.216 e. The predicted molar refractivity (Wildman–Crippen MR) is 60.1 cm³/mol. The lowest BCUT2D eigenvalue weighted by molar-refractivity contribution is 0.272. The minimum absolute atomic E-state index is 0.781. The number of pyridine rings is 1. The molecular weight excluding hydrogens is 188 g/mol. The van der Waals surface area contributed by atoms with Crippen molar-refractivity contribution >= 4 is 0 Å². The summed E-state index contributed by atoms with van der Waals surface area (Å²) >= 11 is 0. The maximum atomic E-state index is 5.66. The third kappa shape index (κ3) is 2.93. The van der Waals surface area contributed by atoms with Crippen LogP contribution in [0.4, 0.5) is 0 Å². The Hall–Kier alpha value is -1.09. The minimum Gasteiger partial charge on any atom is -0.477 e. The molecule has 0 spiro atoms. The van der Waals surface area contributed by atoms with Crippen molar-refractivity contribution in [3.05, 3.63) is 23.9 Å². The Kier molecular flexibility index (Phi) is 3.56. The number of hydrogen-bond donors (Lipinski definition) is 1. The van der Waals surface area contributed by atoms with Crippen LogP contribution in [0.3, 0.4) is 0 Å². The molecule has 82 valence electrons. The molecule has 1 aliphatic heterocycles. The molecule has 2 rings (SSSR count). The molecule has 3 heteroatoms. The van der Waals surface area contributed by atoms with Gasteiger partial charge in [0.15, 0.2) is 0 Å². The molecule has 0 amide bonds. The summed E-state index contributed by atoms with van der Waals surface area (Å²) in [5.74, 6) is 1.57. The zero-order valence-electron chi connectivity index (χ0n) is 9.20. The van der Waals surface area contributed by atoms with Gasteiger partial charge in [0, 0.05) is 11.8 Å². The van der Waals surface area contributed by atoms with Gasteiger partial charge < -0.3 is 10.1 Å². The van der Waals surface area contributed by atoms with E-state index in [4.69, 9.17) is 4.74 Å². The van der Waals surface area contributed by atoms with Crippen LogP contribution in [-0.2, 0) is 0 Å². The number of hydrogen-bond acceptors (Lipinski definition) is 3. The van der Waals surface area contributed by atoms with E-state index in [2.05, 4.69) is 10.3 Å². The van der Waals surface area contributed by atoms with Crippen LogP contribution in [0.25, 0.3) is 0 Å². The SMILES string of the molecule is Cc1cccnc1OCCC1CCNC1. The Morgan fingerprint density at radius 2 is 2.53 bits per heavy atom. The van der Waals surface area contributed by atoms with E-state index in [1.165, 1.54) is 6.42 Å². The highest BCUT2D eigenvalue weighted by atomic mass is 16.5. The highest BCUT2D eigenvalue weighted by Crippen LogP contribution is 2.15. The Labute approximate surface area is 90.9 Å². The van der Waals surface area contributed by atoms with E-state index in [0.717, 1.165) is 43.5 Å². The zero-order chi connectivity index (χ0) is 10.5. The van der Waals surface area contributed by atoms with Crippen LogP contribution in [0.15, 0.2) is 18.3 Å². The van der Waals surface area contributed by atoms with Gasteiger partial charge in [0.1, 0.15) is 0 Å². The first kappa shape index (κ1) is 10.4. The van der Waals surface area contributed by atoms with Crippen molar-refractivity contribution in [1.82, 2.24) is 10.3 Å². The molecule has 1 aliphatic rings. The van der Waals surface area contributed by atoms with Crippen molar-refractivity contribution in [3.63, 3.8) is 0 Å². The van der Waals surface area contributed by atoms with Crippen LogP contribution in [0.5, 0.6) is 5.88 Å². The second-order valence-corrected chi connectivity index (χ2v) is 4.12. The molecule has 1 N–H and O–H groups in total. The second kappa shape index (κ2) is 5.12. The van der Waals surface area contributed by atoms with Crippen molar-refractivity contribution in [2.45, 2.75) is 19.8 Å². The smallest absolute Gasteiger partial charge is 0.216 e. The normalized spacial score (nSPS) is 20.5. The lowest BCUT2D eigenvalue weighted by Gasteiger charge is -2.10. The van der Waals surface area contributed by atoms with E-state index in [0.29, 0.717) is 0 Å². The Balaban J connectivity index is 1.75. The van der Waals surface area contributed by atoms with Gasteiger partial charge in [-0.05, 0) is 44.8 Å². The molecule has 1 saturated heterocycles. The first-order valence-electron chi connectivity index (χ1n) is 5.61. The average molecular weight is 206 g/mol. The van der Waals surface area contributed by atoms with Crippen LogP contribution < -0.4 is 10.1 Å². The summed E-state index contributed by atoms with van der Waals surface area (Å²) in [6.45, 7) is 5.11. The van der Waals surface area contributed by atoms with Crippen LogP contribution >= 0.6 is 0 Å². The van der Waals surface area contributed by atoms with E-state index in [9.17, 15) is 0 Å². The van der Waals surface area contributed by atoms with Crippen molar-refractivity contribution < 1.29 is 4.74 Å². The first-order valence-corrected chi connectivity index (χ1v) is 5.61. The number of nitrogens with zero attached hydrogens (tertiary/aromatic N) is 1. The van der Waals surface area contributed by atoms with Crippen molar-refractivity contribution in [2.24, 2.45) is 5.92 Å². The van der Waals surface area contributed by atoms with E-state index < -0.39 is 0 Å². The number of ether oxygens (including phenoxy) is 1. The fourth-order valence-electron chi connectivity index (χ4n) is 1.91. The van der Waals surface area contributed by atoms with Gasteiger partial charge in [-0.15, -0.1) is 0 Å².